The lowest BCUT2D eigenvalue weighted by molar-refractivity contribution is -0.152. The van der Waals surface area contributed by atoms with E-state index >= 15 is 0 Å². The van der Waals surface area contributed by atoms with Crippen LogP contribution in [0.2, 0.25) is 5.02 Å². The van der Waals surface area contributed by atoms with Crippen LogP contribution in [0.3, 0.4) is 0 Å². The van der Waals surface area contributed by atoms with Crippen LogP contribution in [0.15, 0.2) is 71.1 Å². The number of ether oxygens (including phenoxy) is 3. The van der Waals surface area contributed by atoms with Gasteiger partial charge in [-0.1, -0.05) is 35.9 Å². The van der Waals surface area contributed by atoms with Crippen LogP contribution < -0.4 is 10.1 Å². The van der Waals surface area contributed by atoms with Crippen molar-refractivity contribution in [3.05, 3.63) is 87.2 Å². The zero-order valence-corrected chi connectivity index (χ0v) is 22.1. The lowest BCUT2D eigenvalue weighted by atomic mass is 9.67. The number of Topliss-reactive ketones (excluding diaryl/α,β-unsaturated/α-hetero) is 1. The van der Waals surface area contributed by atoms with Crippen molar-refractivity contribution in [1.29, 1.82) is 0 Å². The van der Waals surface area contributed by atoms with Gasteiger partial charge in [-0.2, -0.15) is 0 Å². The number of dihydropyridines is 1. The van der Waals surface area contributed by atoms with E-state index < -0.39 is 29.7 Å². The summed E-state index contributed by atoms with van der Waals surface area (Å²) in [5.41, 5.74) is 3.38. The highest BCUT2D eigenvalue weighted by Crippen LogP contribution is 2.48. The monoisotopic (exact) mass is 523 g/mol. The molecule has 0 bridgehead atoms. The average Bonchev–Trinajstić information content (AvgIpc) is 2.88. The Morgan fingerprint density at radius 2 is 1.73 bits per heavy atom. The molecule has 3 atom stereocenters. The number of rotatable bonds is 7. The number of hydrogen-bond acceptors (Lipinski definition) is 7. The van der Waals surface area contributed by atoms with E-state index in [2.05, 4.69) is 5.32 Å². The molecule has 0 amide bonds. The first-order valence-electron chi connectivity index (χ1n) is 12.3. The molecule has 2 aromatic rings. The fourth-order valence-electron chi connectivity index (χ4n) is 5.22. The van der Waals surface area contributed by atoms with Gasteiger partial charge in [0.25, 0.3) is 0 Å². The number of carbonyl (C=O) groups is 3. The molecule has 0 fully saturated rings. The summed E-state index contributed by atoms with van der Waals surface area (Å²) >= 11 is 6.32. The Morgan fingerprint density at radius 1 is 1.03 bits per heavy atom. The molecule has 1 heterocycles. The normalized spacial score (nSPS) is 21.2. The first-order chi connectivity index (χ1) is 17.8. The molecule has 0 saturated carbocycles. The van der Waals surface area contributed by atoms with Gasteiger partial charge in [0, 0.05) is 33.8 Å². The first-order valence-corrected chi connectivity index (χ1v) is 12.7. The fourth-order valence-corrected chi connectivity index (χ4v) is 5.42. The molecular weight excluding hydrogens is 494 g/mol. The van der Waals surface area contributed by atoms with Crippen LogP contribution in [0, 0.1) is 5.92 Å². The quantitative estimate of drug-likeness (QED) is 0.400. The van der Waals surface area contributed by atoms with Gasteiger partial charge in [0.1, 0.15) is 11.7 Å². The number of allylic oxidation sites excluding steroid dienone is 3. The van der Waals surface area contributed by atoms with Crippen molar-refractivity contribution in [3.8, 4) is 5.75 Å². The topological polar surface area (TPSA) is 90.9 Å². The van der Waals surface area contributed by atoms with Crippen molar-refractivity contribution >= 4 is 29.3 Å². The summed E-state index contributed by atoms with van der Waals surface area (Å²) in [7, 11) is 1.57. The highest BCUT2D eigenvalue weighted by molar-refractivity contribution is 6.30. The molecule has 8 heteroatoms. The van der Waals surface area contributed by atoms with Crippen LogP contribution in [-0.2, 0) is 23.9 Å². The second-order valence-corrected chi connectivity index (χ2v) is 9.38. The predicted molar refractivity (Wildman–Crippen MR) is 139 cm³/mol. The fraction of sp³-hybridized carbons (Fsp3) is 0.345. The molecule has 0 saturated heterocycles. The largest absolute Gasteiger partial charge is 0.497 e. The maximum Gasteiger partial charge on any atom is 0.336 e. The number of benzene rings is 2. The Kier molecular flexibility index (Phi) is 8.03. The molecule has 0 aromatic heterocycles. The summed E-state index contributed by atoms with van der Waals surface area (Å²) in [5, 5.41) is 3.76. The van der Waals surface area contributed by atoms with E-state index in [9.17, 15) is 14.4 Å². The smallest absolute Gasteiger partial charge is 0.336 e. The molecule has 7 nitrogen and oxygen atoms in total. The summed E-state index contributed by atoms with van der Waals surface area (Å²) in [6, 6.07) is 14.4. The second kappa shape index (κ2) is 11.2. The Bertz CT molecular complexity index is 1300. The van der Waals surface area contributed by atoms with Crippen LogP contribution in [0.5, 0.6) is 5.75 Å². The second-order valence-electron chi connectivity index (χ2n) is 8.95. The average molecular weight is 524 g/mol. The minimum Gasteiger partial charge on any atom is -0.497 e. The van der Waals surface area contributed by atoms with E-state index in [1.54, 1.807) is 46.1 Å². The number of hydrogen-bond donors (Lipinski definition) is 1. The van der Waals surface area contributed by atoms with Crippen molar-refractivity contribution in [3.63, 3.8) is 0 Å². The minimum atomic E-state index is -1.09. The molecule has 2 aromatic carbocycles. The number of methoxy groups -OCH3 is 1. The molecule has 37 heavy (non-hydrogen) atoms. The SMILES string of the molecule is CCOC(=O)C1=C(C)NC2=C(C(=O)[C@H](C(=O)OCC)[C@@H](c3cccc(OC)c3)C2)[C@H]1c1cccc(Cl)c1. The van der Waals surface area contributed by atoms with Gasteiger partial charge in [-0.3, -0.25) is 9.59 Å². The lowest BCUT2D eigenvalue weighted by Crippen LogP contribution is -2.43. The summed E-state index contributed by atoms with van der Waals surface area (Å²) in [6.07, 6.45) is 0.363. The first kappa shape index (κ1) is 26.5. The van der Waals surface area contributed by atoms with Crippen LogP contribution in [-0.4, -0.2) is 38.0 Å². The van der Waals surface area contributed by atoms with E-state index in [0.29, 0.717) is 45.3 Å². The number of carbonyl (C=O) groups excluding carboxylic acids is 3. The highest BCUT2D eigenvalue weighted by Gasteiger charge is 2.49. The molecule has 4 rings (SSSR count). The van der Waals surface area contributed by atoms with Crippen LogP contribution in [0.4, 0.5) is 0 Å². The molecule has 1 N–H and O–H groups in total. The summed E-state index contributed by atoms with van der Waals surface area (Å²) in [4.78, 5) is 40.7. The van der Waals surface area contributed by atoms with Crippen LogP contribution in [0.25, 0.3) is 0 Å². The Hall–Kier alpha value is -3.58. The molecule has 0 unspecified atom stereocenters. The van der Waals surface area contributed by atoms with Crippen molar-refractivity contribution < 1.29 is 28.6 Å². The third-order valence-corrected chi connectivity index (χ3v) is 6.99. The van der Waals surface area contributed by atoms with E-state index in [4.69, 9.17) is 25.8 Å². The van der Waals surface area contributed by atoms with Gasteiger partial charge in [-0.05, 0) is 62.6 Å². The van der Waals surface area contributed by atoms with E-state index in [1.165, 1.54) is 0 Å². The zero-order chi connectivity index (χ0) is 26.7. The minimum absolute atomic E-state index is 0.141. The van der Waals surface area contributed by atoms with Crippen molar-refractivity contribution in [2.75, 3.05) is 20.3 Å². The lowest BCUT2D eigenvalue weighted by Gasteiger charge is -2.39. The molecule has 2 aliphatic rings. The van der Waals surface area contributed by atoms with Gasteiger partial charge in [-0.25, -0.2) is 4.79 Å². The van der Waals surface area contributed by atoms with Crippen LogP contribution in [0.1, 0.15) is 50.2 Å². The van der Waals surface area contributed by atoms with E-state index in [0.717, 1.165) is 5.56 Å². The highest BCUT2D eigenvalue weighted by atomic mass is 35.5. The van der Waals surface area contributed by atoms with Gasteiger partial charge in [0.2, 0.25) is 0 Å². The maximum atomic E-state index is 14.3. The molecule has 194 valence electrons. The van der Waals surface area contributed by atoms with Gasteiger partial charge in [-0.15, -0.1) is 0 Å². The number of esters is 2. The molecule has 1 aliphatic carbocycles. The number of ketones is 1. The Balaban J connectivity index is 1.90. The standard InChI is InChI=1S/C29H30ClNO6/c1-5-36-28(33)23-16(3)31-22-15-21(17-9-8-12-20(14-17)35-4)25(29(34)37-6-2)27(32)26(22)24(23)18-10-7-11-19(30)13-18/h7-14,21,24-25,31H,5-6,15H2,1-4H3/t21-,24+,25-/m1/s1. The third-order valence-electron chi connectivity index (χ3n) is 6.76. The van der Waals surface area contributed by atoms with Crippen LogP contribution >= 0.6 is 11.6 Å². The van der Waals surface area contributed by atoms with Crippen molar-refractivity contribution in [2.24, 2.45) is 5.92 Å². The van der Waals surface area contributed by atoms with E-state index in [1.807, 2.05) is 30.3 Å². The Labute approximate surface area is 221 Å². The summed E-state index contributed by atoms with van der Waals surface area (Å²) < 4.78 is 16.1. The number of halogens is 1. The summed E-state index contributed by atoms with van der Waals surface area (Å²) in [5.74, 6) is -3.20. The number of nitrogens with one attached hydrogen (secondary N) is 1. The maximum absolute atomic E-state index is 14.3. The molecule has 0 radical (unpaired) electrons. The van der Waals surface area contributed by atoms with Crippen molar-refractivity contribution in [2.45, 2.75) is 39.0 Å². The molecule has 1 aliphatic heterocycles. The van der Waals surface area contributed by atoms with Gasteiger partial charge in [0.15, 0.2) is 5.78 Å². The summed E-state index contributed by atoms with van der Waals surface area (Å²) in [6.45, 7) is 5.54. The predicted octanol–water partition coefficient (Wildman–Crippen LogP) is 5.06. The zero-order valence-electron chi connectivity index (χ0n) is 21.3. The van der Waals surface area contributed by atoms with Gasteiger partial charge < -0.3 is 19.5 Å². The van der Waals surface area contributed by atoms with Gasteiger partial charge in [0.05, 0.1) is 25.9 Å². The molecular formula is C29H30ClNO6. The van der Waals surface area contributed by atoms with E-state index in [-0.39, 0.29) is 19.0 Å². The molecule has 0 spiro atoms. The van der Waals surface area contributed by atoms with Gasteiger partial charge >= 0.3 is 11.9 Å². The Morgan fingerprint density at radius 3 is 2.41 bits per heavy atom. The van der Waals surface area contributed by atoms with Crippen molar-refractivity contribution in [1.82, 2.24) is 5.32 Å². The third kappa shape index (κ3) is 5.14.